The third-order valence-corrected chi connectivity index (χ3v) is 6.81. The van der Waals surface area contributed by atoms with Crippen LogP contribution in [0.15, 0.2) is 42.7 Å². The Hall–Kier alpha value is -2.79. The summed E-state index contributed by atoms with van der Waals surface area (Å²) < 4.78 is 5.81. The zero-order chi connectivity index (χ0) is 24.0. The zero-order valence-corrected chi connectivity index (χ0v) is 21.3. The average molecular weight is 511 g/mol. The summed E-state index contributed by atoms with van der Waals surface area (Å²) >= 11 is 0. The molecule has 5 rings (SSSR count). The Morgan fingerprint density at radius 3 is 2.67 bits per heavy atom. The Kier molecular flexibility index (Phi) is 9.08. The van der Waals surface area contributed by atoms with Gasteiger partial charge in [-0.2, -0.15) is 13.5 Å². The van der Waals surface area contributed by atoms with Crippen LogP contribution in [0.4, 0.5) is 5.82 Å². The van der Waals surface area contributed by atoms with Crippen molar-refractivity contribution < 1.29 is 14.6 Å². The molecule has 1 aromatic carbocycles. The SMILES string of the molecule is O=C(CCO)N1CCC(c2ccc(-c3cc4nccnc4c(NC[C@@H]4CNCCO4)n3)cc2)CC1.S. The van der Waals surface area contributed by atoms with Gasteiger partial charge in [0.2, 0.25) is 5.91 Å². The number of nitrogens with zero attached hydrogens (tertiary/aromatic N) is 4. The van der Waals surface area contributed by atoms with E-state index in [1.54, 1.807) is 12.4 Å². The van der Waals surface area contributed by atoms with Gasteiger partial charge in [-0.1, -0.05) is 24.3 Å². The largest absolute Gasteiger partial charge is 0.396 e. The van der Waals surface area contributed by atoms with E-state index in [4.69, 9.17) is 14.8 Å². The number of likely N-dealkylation sites (tertiary alicyclic amines) is 1. The van der Waals surface area contributed by atoms with Crippen LogP contribution in [-0.4, -0.2) is 82.9 Å². The molecule has 2 fully saturated rings. The number of hydrogen-bond acceptors (Lipinski definition) is 8. The van der Waals surface area contributed by atoms with Gasteiger partial charge in [0.1, 0.15) is 5.52 Å². The van der Waals surface area contributed by atoms with Gasteiger partial charge < -0.3 is 25.4 Å². The number of nitrogens with one attached hydrogen (secondary N) is 2. The van der Waals surface area contributed by atoms with Crippen molar-refractivity contribution in [3.8, 4) is 11.3 Å². The van der Waals surface area contributed by atoms with E-state index in [2.05, 4.69) is 44.9 Å². The zero-order valence-electron chi connectivity index (χ0n) is 20.3. The predicted molar refractivity (Wildman–Crippen MR) is 145 cm³/mol. The lowest BCUT2D eigenvalue weighted by Gasteiger charge is -2.32. The lowest BCUT2D eigenvalue weighted by molar-refractivity contribution is -0.132. The molecule has 0 unspecified atom stereocenters. The van der Waals surface area contributed by atoms with Crippen molar-refractivity contribution in [1.82, 2.24) is 25.2 Å². The van der Waals surface area contributed by atoms with Gasteiger partial charge in [0.15, 0.2) is 5.82 Å². The molecule has 4 heterocycles. The second-order valence-corrected chi connectivity index (χ2v) is 9.11. The smallest absolute Gasteiger partial charge is 0.224 e. The number of morpholine rings is 1. The first-order valence-corrected chi connectivity index (χ1v) is 12.4. The number of amides is 1. The van der Waals surface area contributed by atoms with Crippen molar-refractivity contribution in [3.63, 3.8) is 0 Å². The van der Waals surface area contributed by atoms with Crippen LogP contribution in [-0.2, 0) is 9.53 Å². The molecule has 192 valence electrons. The molecule has 2 saturated heterocycles. The lowest BCUT2D eigenvalue weighted by Crippen LogP contribution is -2.42. The van der Waals surface area contributed by atoms with Gasteiger partial charge in [0.05, 0.1) is 30.5 Å². The fourth-order valence-corrected chi connectivity index (χ4v) is 4.85. The third kappa shape index (κ3) is 6.12. The van der Waals surface area contributed by atoms with Gasteiger partial charge in [-0.15, -0.1) is 0 Å². The first-order chi connectivity index (χ1) is 17.2. The van der Waals surface area contributed by atoms with Crippen LogP contribution in [0, 0.1) is 0 Å². The fourth-order valence-electron chi connectivity index (χ4n) is 4.85. The number of benzene rings is 1. The summed E-state index contributed by atoms with van der Waals surface area (Å²) in [7, 11) is 0. The van der Waals surface area contributed by atoms with E-state index >= 15 is 0 Å². The highest BCUT2D eigenvalue weighted by Gasteiger charge is 2.23. The number of piperidine rings is 1. The van der Waals surface area contributed by atoms with Crippen LogP contribution < -0.4 is 10.6 Å². The van der Waals surface area contributed by atoms with E-state index in [1.807, 2.05) is 11.0 Å². The number of anilines is 1. The highest BCUT2D eigenvalue weighted by molar-refractivity contribution is 7.59. The van der Waals surface area contributed by atoms with Gasteiger partial charge in [-0.3, -0.25) is 9.78 Å². The molecule has 0 bridgehead atoms. The van der Waals surface area contributed by atoms with E-state index in [1.165, 1.54) is 5.56 Å². The molecule has 0 saturated carbocycles. The van der Waals surface area contributed by atoms with Crippen molar-refractivity contribution >= 4 is 36.3 Å². The Balaban J connectivity index is 0.00000304. The molecule has 3 aromatic rings. The van der Waals surface area contributed by atoms with Gasteiger partial charge in [0.25, 0.3) is 0 Å². The number of carbonyl (C=O) groups excluding carboxylic acids is 1. The molecular weight excluding hydrogens is 476 g/mol. The van der Waals surface area contributed by atoms with Crippen LogP contribution in [0.25, 0.3) is 22.3 Å². The van der Waals surface area contributed by atoms with Crippen LogP contribution in [0.5, 0.6) is 0 Å². The van der Waals surface area contributed by atoms with Crippen molar-refractivity contribution in [2.45, 2.75) is 31.3 Å². The number of rotatable bonds is 7. The van der Waals surface area contributed by atoms with Crippen LogP contribution >= 0.6 is 13.5 Å². The Bertz CT molecular complexity index is 1150. The quantitative estimate of drug-likeness (QED) is 0.444. The molecule has 2 aliphatic rings. The van der Waals surface area contributed by atoms with Crippen molar-refractivity contribution in [2.75, 3.05) is 51.3 Å². The van der Waals surface area contributed by atoms with Crippen LogP contribution in [0.3, 0.4) is 0 Å². The highest BCUT2D eigenvalue weighted by Crippen LogP contribution is 2.31. The van der Waals surface area contributed by atoms with E-state index in [0.29, 0.717) is 24.9 Å². The molecule has 9 nitrogen and oxygen atoms in total. The lowest BCUT2D eigenvalue weighted by atomic mass is 9.88. The number of hydrogen-bond donors (Lipinski definition) is 3. The number of carbonyl (C=O) groups is 1. The molecule has 36 heavy (non-hydrogen) atoms. The molecule has 0 radical (unpaired) electrons. The standard InChI is InChI=1S/C26H32N6O3.H2S/c33-13-7-24(34)32-11-5-19(6-12-32)18-1-3-20(4-2-18)22-15-23-25(29-9-8-28-23)26(31-22)30-17-21-16-27-10-14-35-21;/h1-4,8-9,15,19,21,27,33H,5-7,10-14,16-17H2,(H,30,31);1H2/t21-;/m0./s1. The Morgan fingerprint density at radius 2 is 1.94 bits per heavy atom. The number of ether oxygens (including phenoxy) is 1. The average Bonchev–Trinajstić information content (AvgIpc) is 2.92. The molecule has 2 aromatic heterocycles. The minimum absolute atomic E-state index is 0. The van der Waals surface area contributed by atoms with E-state index in [-0.39, 0.29) is 38.5 Å². The molecule has 0 aliphatic carbocycles. The first kappa shape index (κ1) is 26.3. The number of aromatic nitrogens is 3. The summed E-state index contributed by atoms with van der Waals surface area (Å²) in [6.45, 7) is 4.45. The van der Waals surface area contributed by atoms with Crippen molar-refractivity contribution in [3.05, 3.63) is 48.3 Å². The molecule has 3 N–H and O–H groups in total. The minimum atomic E-state index is -0.0859. The molecular formula is C26H34N6O3S. The van der Waals surface area contributed by atoms with Gasteiger partial charge in [-0.25, -0.2) is 9.97 Å². The summed E-state index contributed by atoms with van der Waals surface area (Å²) in [4.78, 5) is 27.8. The predicted octanol–water partition coefficient (Wildman–Crippen LogP) is 2.29. The van der Waals surface area contributed by atoms with Crippen molar-refractivity contribution in [2.24, 2.45) is 0 Å². The summed E-state index contributed by atoms with van der Waals surface area (Å²) in [5, 5.41) is 15.8. The van der Waals surface area contributed by atoms with Crippen molar-refractivity contribution in [1.29, 1.82) is 0 Å². The van der Waals surface area contributed by atoms with E-state index in [9.17, 15) is 4.79 Å². The number of aliphatic hydroxyl groups excluding tert-OH is 1. The Labute approximate surface area is 218 Å². The maximum Gasteiger partial charge on any atom is 0.224 e. The van der Waals surface area contributed by atoms with Gasteiger partial charge >= 0.3 is 0 Å². The molecule has 1 atom stereocenters. The first-order valence-electron chi connectivity index (χ1n) is 12.4. The molecule has 1 amide bonds. The summed E-state index contributed by atoms with van der Waals surface area (Å²) in [5.74, 6) is 1.19. The summed E-state index contributed by atoms with van der Waals surface area (Å²) in [6, 6.07) is 10.5. The molecule has 10 heteroatoms. The van der Waals surface area contributed by atoms with Gasteiger partial charge in [0, 0.05) is 57.1 Å². The normalized spacial score (nSPS) is 18.6. The monoisotopic (exact) mass is 510 g/mol. The third-order valence-electron chi connectivity index (χ3n) is 6.81. The highest BCUT2D eigenvalue weighted by atomic mass is 32.1. The maximum atomic E-state index is 12.0. The topological polar surface area (TPSA) is 112 Å². The van der Waals surface area contributed by atoms with E-state index in [0.717, 1.165) is 61.3 Å². The number of aliphatic hydroxyl groups is 1. The van der Waals surface area contributed by atoms with Crippen LogP contribution in [0.1, 0.15) is 30.7 Å². The summed E-state index contributed by atoms with van der Waals surface area (Å²) in [5.41, 5.74) is 4.70. The second kappa shape index (κ2) is 12.4. The number of fused-ring (bicyclic) bond motifs is 1. The Morgan fingerprint density at radius 1 is 1.17 bits per heavy atom. The molecule has 0 spiro atoms. The molecule has 2 aliphatic heterocycles. The fraction of sp³-hybridized carbons (Fsp3) is 0.462. The summed E-state index contributed by atoms with van der Waals surface area (Å²) in [6.07, 6.45) is 5.56. The van der Waals surface area contributed by atoms with Crippen LogP contribution in [0.2, 0.25) is 0 Å². The maximum absolute atomic E-state index is 12.0. The second-order valence-electron chi connectivity index (χ2n) is 9.11. The number of pyridine rings is 1. The minimum Gasteiger partial charge on any atom is -0.396 e. The van der Waals surface area contributed by atoms with E-state index < -0.39 is 0 Å². The van der Waals surface area contributed by atoms with Gasteiger partial charge in [-0.05, 0) is 30.4 Å².